The van der Waals surface area contributed by atoms with E-state index in [0.717, 1.165) is 0 Å². The average Bonchev–Trinajstić information content (AvgIpc) is 2.80. The summed E-state index contributed by atoms with van der Waals surface area (Å²) in [6.45, 7) is 13.1. The van der Waals surface area contributed by atoms with Gasteiger partial charge in [0, 0.05) is 21.1 Å². The number of hydrogen-bond acceptors (Lipinski definition) is 1. The van der Waals surface area contributed by atoms with Crippen LogP contribution in [0.15, 0.2) is 11.6 Å². The molecule has 0 aliphatic heterocycles. The van der Waals surface area contributed by atoms with Crippen molar-refractivity contribution in [3.8, 4) is 0 Å². The maximum absolute atomic E-state index is 7.50. The van der Waals surface area contributed by atoms with Crippen LogP contribution in [0.2, 0.25) is 0 Å². The predicted octanol–water partition coefficient (Wildman–Crippen LogP) is 1.80. The molecule has 0 radical (unpaired) electrons. The van der Waals surface area contributed by atoms with E-state index in [1.54, 1.807) is 6.07 Å². The molecule has 3 nitrogen and oxygen atoms in total. The van der Waals surface area contributed by atoms with Gasteiger partial charge in [-0.25, -0.2) is 5.57 Å². The van der Waals surface area contributed by atoms with Crippen molar-refractivity contribution >= 4 is 0 Å². The summed E-state index contributed by atoms with van der Waals surface area (Å²) in [6, 6.07) is 12.0. The Morgan fingerprint density at radius 1 is 1.06 bits per heavy atom. The molecule has 0 atom stereocenters. The largest absolute Gasteiger partial charge is 0.999 e. The van der Waals surface area contributed by atoms with Gasteiger partial charge in [0.1, 0.15) is 0 Å². The molecule has 1 aromatic rings. The average molecular weight is 311 g/mol. The van der Waals surface area contributed by atoms with Gasteiger partial charge >= 0.3 is 22.6 Å². The standard InChI is InChI=1S/C6H12N.C5H.2CO.Mo/c1-6(2)5-7(3)4;1-2-4-5-3-1;2*1-2;/h1-4H3;1H;;;/q-1;-5;;;. The van der Waals surface area contributed by atoms with E-state index in [9.17, 15) is 0 Å². The van der Waals surface area contributed by atoms with Crippen molar-refractivity contribution in [2.75, 3.05) is 14.1 Å². The summed E-state index contributed by atoms with van der Waals surface area (Å²) in [7, 11) is 3.93. The molecule has 0 saturated heterocycles. The van der Waals surface area contributed by atoms with Crippen LogP contribution in [-0.2, 0) is 30.4 Å². The monoisotopic (exact) mass is 313 g/mol. The van der Waals surface area contributed by atoms with E-state index in [1.807, 2.05) is 32.8 Å². The van der Waals surface area contributed by atoms with Crippen LogP contribution in [0, 0.1) is 43.8 Å². The molecule has 0 aliphatic carbocycles. The molecular weight excluding hydrogens is 298 g/mol. The van der Waals surface area contributed by atoms with Crippen LogP contribution in [0.4, 0.5) is 0 Å². The quantitative estimate of drug-likeness (QED) is 0.337. The van der Waals surface area contributed by atoms with Gasteiger partial charge in [-0.1, -0.05) is 13.8 Å². The Bertz CT molecular complexity index is 247. The molecule has 0 aliphatic rings. The van der Waals surface area contributed by atoms with Gasteiger partial charge in [-0.15, -0.1) is 0 Å². The molecule has 0 spiro atoms. The van der Waals surface area contributed by atoms with E-state index in [0.29, 0.717) is 0 Å². The minimum Gasteiger partial charge on any atom is -0.999 e. The second-order valence-corrected chi connectivity index (χ2v) is 2.69. The zero-order valence-corrected chi connectivity index (χ0v) is 12.3. The van der Waals surface area contributed by atoms with E-state index in [4.69, 9.17) is 9.30 Å². The summed E-state index contributed by atoms with van der Waals surface area (Å²) in [6.07, 6.45) is 3.06. The maximum Gasteiger partial charge on any atom is 0 e. The molecule has 0 heterocycles. The fraction of sp³-hybridized carbons (Fsp3) is 0.308. The Morgan fingerprint density at radius 2 is 1.41 bits per heavy atom. The summed E-state index contributed by atoms with van der Waals surface area (Å²) in [4.78, 5) is 1.91. The van der Waals surface area contributed by atoms with E-state index in [-0.39, 0.29) is 21.1 Å². The van der Waals surface area contributed by atoms with E-state index < -0.39 is 0 Å². The molecule has 0 aromatic heterocycles. The third kappa shape index (κ3) is 39.5. The first-order valence-corrected chi connectivity index (χ1v) is 4.10. The van der Waals surface area contributed by atoms with Gasteiger partial charge in [-0.2, -0.15) is 0 Å². The molecule has 1 aromatic carbocycles. The third-order valence-electron chi connectivity index (χ3n) is 0.798. The Hall–Kier alpha value is -0.942. The second kappa shape index (κ2) is 24.3. The molecular formula is C13H13MoNO2-6. The molecule has 0 saturated carbocycles. The topological polar surface area (TPSA) is 43.0 Å². The van der Waals surface area contributed by atoms with Gasteiger partial charge in [0.2, 0.25) is 0 Å². The predicted molar refractivity (Wildman–Crippen MR) is 57.0 cm³/mol. The van der Waals surface area contributed by atoms with Gasteiger partial charge in [0.25, 0.3) is 0 Å². The molecule has 0 bridgehead atoms. The number of allylic oxidation sites excluding steroid dienone is 1. The molecule has 0 fully saturated rings. The summed E-state index contributed by atoms with van der Waals surface area (Å²) in [5.74, 6) is 0. The summed E-state index contributed by atoms with van der Waals surface area (Å²) in [5, 5.41) is 0. The molecule has 4 heteroatoms. The van der Waals surface area contributed by atoms with Crippen molar-refractivity contribution in [3.05, 3.63) is 55.4 Å². The van der Waals surface area contributed by atoms with Crippen LogP contribution in [0.1, 0.15) is 13.8 Å². The summed E-state index contributed by atoms with van der Waals surface area (Å²) >= 11 is 0. The van der Waals surface area contributed by atoms with E-state index >= 15 is 0 Å². The normalized spacial score (nSPS) is 5.88. The fourth-order valence-electron chi connectivity index (χ4n) is 0.628. The second-order valence-electron chi connectivity index (χ2n) is 2.69. The van der Waals surface area contributed by atoms with Crippen molar-refractivity contribution in [1.82, 2.24) is 4.90 Å². The van der Waals surface area contributed by atoms with Crippen LogP contribution in [0.3, 0.4) is 0 Å². The van der Waals surface area contributed by atoms with Crippen LogP contribution in [-0.4, -0.2) is 19.0 Å². The van der Waals surface area contributed by atoms with Gasteiger partial charge in [-0.05, 0) is 14.1 Å². The third-order valence-corrected chi connectivity index (χ3v) is 0.798. The number of nitrogens with zero attached hydrogens (tertiary/aromatic N) is 1. The van der Waals surface area contributed by atoms with Crippen molar-refractivity contribution in [1.29, 1.82) is 0 Å². The first kappa shape index (κ1) is 25.0. The number of rotatable bonds is 1. The Kier molecular flexibility index (Phi) is 35.9. The van der Waals surface area contributed by atoms with Crippen molar-refractivity contribution in [2.24, 2.45) is 0 Å². The zero-order valence-electron chi connectivity index (χ0n) is 10.2. The number of hydrogen-bond donors (Lipinski definition) is 0. The molecule has 0 N–H and O–H groups in total. The fourth-order valence-corrected chi connectivity index (χ4v) is 0.628. The first-order valence-electron chi connectivity index (χ1n) is 4.10. The van der Waals surface area contributed by atoms with Crippen LogP contribution in [0.25, 0.3) is 0 Å². The smallest absolute Gasteiger partial charge is 0 e. The van der Waals surface area contributed by atoms with E-state index in [2.05, 4.69) is 43.8 Å². The molecule has 0 unspecified atom stereocenters. The molecule has 17 heavy (non-hydrogen) atoms. The first-order chi connectivity index (χ1) is 7.63. The van der Waals surface area contributed by atoms with Gasteiger partial charge in [0.15, 0.2) is 0 Å². The van der Waals surface area contributed by atoms with Crippen LogP contribution >= 0.6 is 0 Å². The van der Waals surface area contributed by atoms with Gasteiger partial charge in [0.05, 0.1) is 0 Å². The van der Waals surface area contributed by atoms with Crippen LogP contribution < -0.4 is 0 Å². The zero-order chi connectivity index (χ0) is 13.4. The minimum absolute atomic E-state index is 0. The van der Waals surface area contributed by atoms with Crippen molar-refractivity contribution in [3.63, 3.8) is 0 Å². The summed E-state index contributed by atoms with van der Waals surface area (Å²) < 4.78 is 15.0. The van der Waals surface area contributed by atoms with Gasteiger partial charge < -0.3 is 41.4 Å². The Morgan fingerprint density at radius 3 is 1.47 bits per heavy atom. The SMILES string of the molecule is CC(C)=[C-]N(C)C.[C-]#[O+].[C-]#[O+].[Mo].[c-]1[c-][c-][cH-][c-]1. The van der Waals surface area contributed by atoms with Crippen molar-refractivity contribution < 1.29 is 30.4 Å². The minimum atomic E-state index is 0. The van der Waals surface area contributed by atoms with Crippen LogP contribution in [0.5, 0.6) is 0 Å². The van der Waals surface area contributed by atoms with Crippen molar-refractivity contribution in [2.45, 2.75) is 13.8 Å². The summed E-state index contributed by atoms with van der Waals surface area (Å²) in [5.41, 5.74) is 1.21. The van der Waals surface area contributed by atoms with E-state index in [1.165, 1.54) is 5.57 Å². The molecule has 0 amide bonds. The van der Waals surface area contributed by atoms with Gasteiger partial charge in [-0.3, -0.25) is 0 Å². The molecule has 1 rings (SSSR count). The Labute approximate surface area is 119 Å². The molecule has 94 valence electrons. The maximum atomic E-state index is 7.50. The Balaban J connectivity index is -0.0000000747.